The summed E-state index contributed by atoms with van der Waals surface area (Å²) < 4.78 is 8.65. The van der Waals surface area contributed by atoms with E-state index in [0.29, 0.717) is 34.9 Å². The Morgan fingerprint density at radius 3 is 2.88 bits per heavy atom. The van der Waals surface area contributed by atoms with E-state index in [4.69, 9.17) is 4.42 Å². The molecule has 0 aliphatic carbocycles. The molecule has 0 saturated carbocycles. The largest absolute Gasteiger partial charge is 0.461 e. The molecule has 0 saturated heterocycles. The van der Waals surface area contributed by atoms with Crippen LogP contribution in [0.5, 0.6) is 0 Å². The summed E-state index contributed by atoms with van der Waals surface area (Å²) in [6.45, 7) is 4.36. The second-order valence-corrected chi connectivity index (χ2v) is 6.51. The highest BCUT2D eigenvalue weighted by Crippen LogP contribution is 2.25. The average Bonchev–Trinajstić information content (AvgIpc) is 3.33. The predicted molar refractivity (Wildman–Crippen MR) is 93.7 cm³/mol. The van der Waals surface area contributed by atoms with Crippen molar-refractivity contribution in [3.63, 3.8) is 0 Å². The van der Waals surface area contributed by atoms with E-state index in [1.165, 1.54) is 22.5 Å². The molecule has 0 aliphatic rings. The van der Waals surface area contributed by atoms with Gasteiger partial charge in [-0.1, -0.05) is 11.8 Å². The zero-order valence-corrected chi connectivity index (χ0v) is 15.1. The Kier molecular flexibility index (Phi) is 5.38. The second-order valence-electron chi connectivity index (χ2n) is 5.52. The van der Waals surface area contributed by atoms with Crippen molar-refractivity contribution in [2.75, 3.05) is 5.75 Å². The molecule has 3 heterocycles. The van der Waals surface area contributed by atoms with Gasteiger partial charge in [-0.25, -0.2) is 9.55 Å². The van der Waals surface area contributed by atoms with Crippen LogP contribution in [-0.2, 0) is 13.1 Å². The van der Waals surface area contributed by atoms with Crippen molar-refractivity contribution in [1.29, 1.82) is 0 Å². The van der Waals surface area contributed by atoms with E-state index in [-0.39, 0.29) is 12.4 Å². The highest BCUT2D eigenvalue weighted by Gasteiger charge is 2.22. The molecule has 1 unspecified atom stereocenters. The topological polar surface area (TPSA) is 125 Å². The molecule has 0 bridgehead atoms. The fraction of sp³-hybridized carbons (Fsp3) is 0.400. The first-order chi connectivity index (χ1) is 12.5. The summed E-state index contributed by atoms with van der Waals surface area (Å²) in [5.41, 5.74) is 0. The zero-order chi connectivity index (χ0) is 18.7. The quantitative estimate of drug-likeness (QED) is 0.359. The van der Waals surface area contributed by atoms with E-state index in [1.54, 1.807) is 25.3 Å². The first-order valence-electron chi connectivity index (χ1n) is 7.95. The van der Waals surface area contributed by atoms with Crippen LogP contribution in [0.15, 0.2) is 34.2 Å². The maximum atomic E-state index is 11.0. The van der Waals surface area contributed by atoms with Gasteiger partial charge in [0.05, 0.1) is 6.26 Å². The number of furan rings is 1. The summed E-state index contributed by atoms with van der Waals surface area (Å²) >= 11 is 1.33. The third kappa shape index (κ3) is 3.63. The second kappa shape index (κ2) is 7.70. The number of thioether (sulfide) groups is 1. The zero-order valence-electron chi connectivity index (χ0n) is 14.3. The average molecular weight is 378 g/mol. The molecule has 10 nitrogen and oxygen atoms in total. The van der Waals surface area contributed by atoms with Gasteiger partial charge in [-0.3, -0.25) is 4.57 Å². The molecule has 0 aromatic carbocycles. The monoisotopic (exact) mass is 378 g/mol. The number of nitro groups is 1. The van der Waals surface area contributed by atoms with Crippen molar-refractivity contribution in [1.82, 2.24) is 24.3 Å². The summed E-state index contributed by atoms with van der Waals surface area (Å²) in [4.78, 5) is 14.4. The van der Waals surface area contributed by atoms with Crippen LogP contribution in [0.2, 0.25) is 0 Å². The summed E-state index contributed by atoms with van der Waals surface area (Å²) in [5, 5.41) is 30.3. The molecule has 3 aromatic heterocycles. The summed E-state index contributed by atoms with van der Waals surface area (Å²) in [6, 6.07) is 3.58. The molecule has 1 atom stereocenters. The highest BCUT2D eigenvalue weighted by molar-refractivity contribution is 7.99. The maximum Gasteiger partial charge on any atom is 0.342 e. The minimum Gasteiger partial charge on any atom is -0.461 e. The number of aliphatic hydroxyl groups excluding tert-OH is 1. The lowest BCUT2D eigenvalue weighted by atomic mass is 10.4. The normalized spacial score (nSPS) is 12.4. The van der Waals surface area contributed by atoms with Gasteiger partial charge >= 0.3 is 5.82 Å². The van der Waals surface area contributed by atoms with Crippen LogP contribution >= 0.6 is 11.8 Å². The predicted octanol–water partition coefficient (Wildman–Crippen LogP) is 2.12. The van der Waals surface area contributed by atoms with E-state index in [2.05, 4.69) is 15.2 Å². The molecular formula is C15H18N6O4S. The van der Waals surface area contributed by atoms with Crippen molar-refractivity contribution < 1.29 is 14.4 Å². The third-order valence-corrected chi connectivity index (χ3v) is 4.91. The van der Waals surface area contributed by atoms with Gasteiger partial charge < -0.3 is 19.6 Å². The Labute approximate surface area is 153 Å². The van der Waals surface area contributed by atoms with E-state index < -0.39 is 11.0 Å². The van der Waals surface area contributed by atoms with Crippen LogP contribution in [0.25, 0.3) is 11.6 Å². The van der Waals surface area contributed by atoms with Crippen LogP contribution < -0.4 is 0 Å². The molecule has 0 amide bonds. The standard InChI is InChI=1S/C15H18N6O4S/c1-3-19-14(12-5-4-6-25-12)17-18-15(19)26-9-11(22)8-20-10(2)16-7-13(20)21(23)24/h4-7,11,22H,3,8-9H2,1-2H3. The summed E-state index contributed by atoms with van der Waals surface area (Å²) in [6.07, 6.45) is 1.96. The number of rotatable bonds is 8. The van der Waals surface area contributed by atoms with Gasteiger partial charge in [0.25, 0.3) is 0 Å². The molecular weight excluding hydrogens is 360 g/mol. The van der Waals surface area contributed by atoms with E-state index >= 15 is 0 Å². The Morgan fingerprint density at radius 2 is 2.23 bits per heavy atom. The molecule has 3 aromatic rings. The van der Waals surface area contributed by atoms with E-state index in [1.807, 2.05) is 11.5 Å². The van der Waals surface area contributed by atoms with Crippen LogP contribution in [-0.4, -0.2) is 46.2 Å². The lowest BCUT2D eigenvalue weighted by molar-refractivity contribution is -0.392. The van der Waals surface area contributed by atoms with Gasteiger partial charge in [-0.05, 0) is 24.0 Å². The van der Waals surface area contributed by atoms with E-state index in [9.17, 15) is 15.2 Å². The van der Waals surface area contributed by atoms with Gasteiger partial charge in [0.2, 0.25) is 0 Å². The van der Waals surface area contributed by atoms with Gasteiger partial charge in [0.1, 0.15) is 18.8 Å². The molecule has 0 aliphatic heterocycles. The maximum absolute atomic E-state index is 11.0. The van der Waals surface area contributed by atoms with Crippen molar-refractivity contribution in [3.8, 4) is 11.6 Å². The molecule has 138 valence electrons. The van der Waals surface area contributed by atoms with Crippen LogP contribution in [0.1, 0.15) is 12.7 Å². The lowest BCUT2D eigenvalue weighted by Gasteiger charge is -2.10. The van der Waals surface area contributed by atoms with Gasteiger partial charge in [-0.15, -0.1) is 10.2 Å². The van der Waals surface area contributed by atoms with Crippen LogP contribution in [0, 0.1) is 17.0 Å². The summed E-state index contributed by atoms with van der Waals surface area (Å²) in [7, 11) is 0. The van der Waals surface area contributed by atoms with Crippen LogP contribution in [0.4, 0.5) is 5.82 Å². The number of nitrogens with zero attached hydrogens (tertiary/aromatic N) is 6. The number of aromatic nitrogens is 5. The molecule has 26 heavy (non-hydrogen) atoms. The van der Waals surface area contributed by atoms with Crippen molar-refractivity contribution in [3.05, 3.63) is 40.5 Å². The fourth-order valence-electron chi connectivity index (χ4n) is 2.53. The SMILES string of the molecule is CCn1c(SCC(O)Cn2c([N+](=O)[O-])cnc2C)nnc1-c1ccco1. The Hall–Kier alpha value is -2.66. The first-order valence-corrected chi connectivity index (χ1v) is 8.94. The van der Waals surface area contributed by atoms with Crippen molar-refractivity contribution >= 4 is 17.6 Å². The number of hydrogen-bond acceptors (Lipinski definition) is 8. The summed E-state index contributed by atoms with van der Waals surface area (Å²) in [5.74, 6) is 1.90. The lowest BCUT2D eigenvalue weighted by Crippen LogP contribution is -2.20. The minimum absolute atomic E-state index is 0.0838. The molecule has 0 fully saturated rings. The van der Waals surface area contributed by atoms with Gasteiger partial charge in [0.15, 0.2) is 22.6 Å². The highest BCUT2D eigenvalue weighted by atomic mass is 32.2. The number of imidazole rings is 1. The molecule has 3 rings (SSSR count). The Morgan fingerprint density at radius 1 is 1.42 bits per heavy atom. The Balaban J connectivity index is 1.68. The van der Waals surface area contributed by atoms with Crippen molar-refractivity contribution in [2.45, 2.75) is 38.2 Å². The molecule has 0 radical (unpaired) electrons. The van der Waals surface area contributed by atoms with Gasteiger partial charge in [0, 0.05) is 19.2 Å². The van der Waals surface area contributed by atoms with Gasteiger partial charge in [-0.2, -0.15) is 0 Å². The molecule has 1 N–H and O–H groups in total. The minimum atomic E-state index is -0.805. The fourth-order valence-corrected chi connectivity index (χ4v) is 3.45. The van der Waals surface area contributed by atoms with Crippen molar-refractivity contribution in [2.24, 2.45) is 0 Å². The van der Waals surface area contributed by atoms with Crippen LogP contribution in [0.3, 0.4) is 0 Å². The number of aryl methyl sites for hydroxylation is 1. The molecule has 11 heteroatoms. The Bertz CT molecular complexity index is 888. The number of aliphatic hydroxyl groups is 1. The number of hydrogen-bond donors (Lipinski definition) is 1. The third-order valence-electron chi connectivity index (χ3n) is 3.79. The molecule has 0 spiro atoms. The first kappa shape index (κ1) is 18.1. The smallest absolute Gasteiger partial charge is 0.342 e. The van der Waals surface area contributed by atoms with E-state index in [0.717, 1.165) is 0 Å².